The molecule has 170 valence electrons. The molecule has 8 nitrogen and oxygen atoms in total. The van der Waals surface area contributed by atoms with E-state index in [0.717, 1.165) is 22.6 Å². The van der Waals surface area contributed by atoms with Crippen molar-refractivity contribution < 1.29 is 8.42 Å². The van der Waals surface area contributed by atoms with Crippen LogP contribution in [-0.2, 0) is 16.4 Å². The van der Waals surface area contributed by atoms with Crippen LogP contribution >= 0.6 is 0 Å². The third kappa shape index (κ3) is 3.98. The van der Waals surface area contributed by atoms with Crippen LogP contribution in [0.25, 0.3) is 5.78 Å². The fraction of sp³-hybridized carbons (Fsp3) is 0.292. The molecule has 1 aliphatic rings. The fourth-order valence-electron chi connectivity index (χ4n) is 4.43. The van der Waals surface area contributed by atoms with Crippen LogP contribution in [0, 0.1) is 13.8 Å². The standard InChI is InChI=1S/C24H26N6O2S/c1-18-8-6-7-11-22(18)33(31,32)29-14-12-28(13-15-29)23-21(16-20-9-4-3-5-10-20)19(2)27-24-25-17-26-30(23)24/h3-11,17H,12-16H2,1-2H3. The van der Waals surface area contributed by atoms with E-state index in [4.69, 9.17) is 0 Å². The summed E-state index contributed by atoms with van der Waals surface area (Å²) < 4.78 is 29.9. The summed E-state index contributed by atoms with van der Waals surface area (Å²) in [5.41, 5.74) is 3.93. The van der Waals surface area contributed by atoms with Crippen LogP contribution < -0.4 is 4.90 Å². The van der Waals surface area contributed by atoms with Crippen molar-refractivity contribution >= 4 is 21.6 Å². The van der Waals surface area contributed by atoms with Gasteiger partial charge in [0.05, 0.1) is 4.90 Å². The van der Waals surface area contributed by atoms with Gasteiger partial charge < -0.3 is 4.90 Å². The number of hydrogen-bond acceptors (Lipinski definition) is 6. The van der Waals surface area contributed by atoms with Gasteiger partial charge in [-0.1, -0.05) is 48.5 Å². The van der Waals surface area contributed by atoms with Gasteiger partial charge in [0.25, 0.3) is 5.78 Å². The predicted octanol–water partition coefficient (Wildman–Crippen LogP) is 2.84. The van der Waals surface area contributed by atoms with Crippen molar-refractivity contribution in [3.63, 3.8) is 0 Å². The van der Waals surface area contributed by atoms with Gasteiger partial charge in [-0.25, -0.2) is 13.4 Å². The number of benzene rings is 2. The van der Waals surface area contributed by atoms with Crippen molar-refractivity contribution in [2.45, 2.75) is 25.2 Å². The average Bonchev–Trinajstić information content (AvgIpc) is 3.28. The van der Waals surface area contributed by atoms with Crippen molar-refractivity contribution in [1.29, 1.82) is 0 Å². The topological polar surface area (TPSA) is 83.7 Å². The second-order valence-electron chi connectivity index (χ2n) is 8.29. The van der Waals surface area contributed by atoms with E-state index in [0.29, 0.717) is 43.3 Å². The highest BCUT2D eigenvalue weighted by molar-refractivity contribution is 7.89. The Morgan fingerprint density at radius 3 is 2.33 bits per heavy atom. The molecule has 1 aliphatic heterocycles. The van der Waals surface area contributed by atoms with E-state index >= 15 is 0 Å². The van der Waals surface area contributed by atoms with Crippen LogP contribution in [0.5, 0.6) is 0 Å². The zero-order chi connectivity index (χ0) is 23.0. The summed E-state index contributed by atoms with van der Waals surface area (Å²) in [4.78, 5) is 11.5. The Morgan fingerprint density at radius 1 is 0.909 bits per heavy atom. The summed E-state index contributed by atoms with van der Waals surface area (Å²) in [5.74, 6) is 1.49. The van der Waals surface area contributed by atoms with Gasteiger partial charge in [0.1, 0.15) is 12.1 Å². The molecular formula is C24H26N6O2S. The number of aromatic nitrogens is 4. The molecule has 0 bridgehead atoms. The molecule has 4 aromatic rings. The summed E-state index contributed by atoms with van der Waals surface area (Å²) in [6.45, 7) is 5.75. The Hall–Kier alpha value is -3.30. The van der Waals surface area contributed by atoms with Gasteiger partial charge in [-0.15, -0.1) is 0 Å². The van der Waals surface area contributed by atoms with E-state index in [1.807, 2.05) is 44.2 Å². The minimum atomic E-state index is -3.54. The highest BCUT2D eigenvalue weighted by Gasteiger charge is 2.31. The fourth-order valence-corrected chi connectivity index (χ4v) is 6.07. The van der Waals surface area contributed by atoms with Crippen LogP contribution in [0.15, 0.2) is 65.8 Å². The van der Waals surface area contributed by atoms with Crippen molar-refractivity contribution in [2.75, 3.05) is 31.1 Å². The number of fused-ring (bicyclic) bond motifs is 1. The molecule has 0 radical (unpaired) electrons. The van der Waals surface area contributed by atoms with E-state index in [1.54, 1.807) is 21.0 Å². The predicted molar refractivity (Wildman–Crippen MR) is 127 cm³/mol. The highest BCUT2D eigenvalue weighted by atomic mass is 32.2. The Kier molecular flexibility index (Phi) is 5.59. The summed E-state index contributed by atoms with van der Waals surface area (Å²) in [6.07, 6.45) is 2.23. The first-order chi connectivity index (χ1) is 15.9. The molecular weight excluding hydrogens is 436 g/mol. The molecule has 0 unspecified atom stereocenters. The minimum absolute atomic E-state index is 0.377. The lowest BCUT2D eigenvalue weighted by molar-refractivity contribution is 0.382. The molecule has 2 aromatic heterocycles. The number of sulfonamides is 1. The Labute approximate surface area is 193 Å². The normalized spacial score (nSPS) is 15.3. The van der Waals surface area contributed by atoms with E-state index in [-0.39, 0.29) is 0 Å². The molecule has 9 heteroatoms. The van der Waals surface area contributed by atoms with Crippen molar-refractivity contribution in [1.82, 2.24) is 23.9 Å². The molecule has 0 atom stereocenters. The number of hydrogen-bond donors (Lipinski definition) is 0. The smallest absolute Gasteiger partial charge is 0.254 e. The zero-order valence-electron chi connectivity index (χ0n) is 18.7. The van der Waals surface area contributed by atoms with Gasteiger partial charge in [0.2, 0.25) is 10.0 Å². The molecule has 33 heavy (non-hydrogen) atoms. The lowest BCUT2D eigenvalue weighted by atomic mass is 10.0. The first kappa shape index (κ1) is 21.5. The second kappa shape index (κ2) is 8.57. The van der Waals surface area contributed by atoms with E-state index in [2.05, 4.69) is 32.1 Å². The quantitative estimate of drug-likeness (QED) is 0.454. The van der Waals surface area contributed by atoms with Crippen LogP contribution in [0.3, 0.4) is 0 Å². The van der Waals surface area contributed by atoms with Crippen molar-refractivity contribution in [2.24, 2.45) is 0 Å². The molecule has 0 spiro atoms. The summed E-state index contributed by atoms with van der Waals surface area (Å²) in [6, 6.07) is 17.4. The summed E-state index contributed by atoms with van der Waals surface area (Å²) >= 11 is 0. The van der Waals surface area contributed by atoms with Crippen LogP contribution in [-0.4, -0.2) is 58.5 Å². The molecule has 0 amide bonds. The Bertz CT molecular complexity index is 1390. The van der Waals surface area contributed by atoms with Crippen molar-refractivity contribution in [3.05, 3.63) is 83.3 Å². The monoisotopic (exact) mass is 462 g/mol. The lowest BCUT2D eigenvalue weighted by Crippen LogP contribution is -2.49. The number of rotatable bonds is 5. The van der Waals surface area contributed by atoms with Gasteiger partial charge in [0.15, 0.2) is 0 Å². The Morgan fingerprint density at radius 2 is 1.61 bits per heavy atom. The third-order valence-corrected chi connectivity index (χ3v) is 8.24. The number of anilines is 1. The minimum Gasteiger partial charge on any atom is -0.354 e. The first-order valence-electron chi connectivity index (χ1n) is 11.0. The molecule has 0 aliphatic carbocycles. The second-order valence-corrected chi connectivity index (χ2v) is 10.2. The van der Waals surface area contributed by atoms with E-state index in [1.165, 1.54) is 11.9 Å². The molecule has 3 heterocycles. The molecule has 2 aromatic carbocycles. The summed E-state index contributed by atoms with van der Waals surface area (Å²) in [5, 5.41) is 4.43. The third-order valence-electron chi connectivity index (χ3n) is 6.18. The lowest BCUT2D eigenvalue weighted by Gasteiger charge is -2.36. The Balaban J connectivity index is 1.47. The number of nitrogens with zero attached hydrogens (tertiary/aromatic N) is 6. The molecule has 1 fully saturated rings. The molecule has 1 saturated heterocycles. The average molecular weight is 463 g/mol. The van der Waals surface area contributed by atoms with Gasteiger partial charge in [-0.05, 0) is 31.0 Å². The van der Waals surface area contributed by atoms with Crippen LogP contribution in [0.2, 0.25) is 0 Å². The maximum absolute atomic E-state index is 13.3. The zero-order valence-corrected chi connectivity index (χ0v) is 19.5. The maximum Gasteiger partial charge on any atom is 0.254 e. The molecule has 5 rings (SSSR count). The van der Waals surface area contributed by atoms with Gasteiger partial charge in [-0.2, -0.15) is 18.9 Å². The molecule has 0 N–H and O–H groups in total. The molecule has 0 saturated carbocycles. The van der Waals surface area contributed by atoms with E-state index in [9.17, 15) is 8.42 Å². The number of aryl methyl sites for hydroxylation is 2. The largest absolute Gasteiger partial charge is 0.354 e. The van der Waals surface area contributed by atoms with Gasteiger partial charge in [-0.3, -0.25) is 0 Å². The van der Waals surface area contributed by atoms with E-state index < -0.39 is 10.0 Å². The summed E-state index contributed by atoms with van der Waals surface area (Å²) in [7, 11) is -3.54. The first-order valence-corrected chi connectivity index (χ1v) is 12.4. The van der Waals surface area contributed by atoms with Crippen LogP contribution in [0.4, 0.5) is 5.82 Å². The van der Waals surface area contributed by atoms with Gasteiger partial charge >= 0.3 is 0 Å². The SMILES string of the molecule is Cc1ccccc1S(=O)(=O)N1CCN(c2c(Cc3ccccc3)c(C)nc3ncnn23)CC1. The maximum atomic E-state index is 13.3. The van der Waals surface area contributed by atoms with Gasteiger partial charge in [0, 0.05) is 43.9 Å². The van der Waals surface area contributed by atoms with Crippen LogP contribution in [0.1, 0.15) is 22.4 Å². The number of piperazine rings is 1. The highest BCUT2D eigenvalue weighted by Crippen LogP contribution is 2.28. The van der Waals surface area contributed by atoms with Crippen molar-refractivity contribution in [3.8, 4) is 0 Å².